The number of carboxylic acid groups (broad SMARTS) is 1. The Morgan fingerprint density at radius 3 is 1.86 bits per heavy atom. The minimum atomic E-state index is -0.982. The minimum absolute atomic E-state index is 0.177. The number of aromatic nitrogens is 2. The van der Waals surface area contributed by atoms with E-state index >= 15 is 0 Å². The van der Waals surface area contributed by atoms with Crippen molar-refractivity contribution in [1.29, 1.82) is 0 Å². The summed E-state index contributed by atoms with van der Waals surface area (Å²) in [5.74, 6) is -0.385. The number of carbonyl (C=O) groups excluding carboxylic acids is 1. The summed E-state index contributed by atoms with van der Waals surface area (Å²) in [6, 6.07) is 3.22. The van der Waals surface area contributed by atoms with Crippen LogP contribution in [0.15, 0.2) is 33.5 Å². The normalized spacial score (nSPS) is 9.75. The molecule has 0 atom stereocenters. The quantitative estimate of drug-likeness (QED) is 0.462. The van der Waals surface area contributed by atoms with Crippen LogP contribution in [0.5, 0.6) is 0 Å². The van der Waals surface area contributed by atoms with Crippen molar-refractivity contribution in [2.24, 2.45) is 0 Å². The standard InChI is InChI=1S/C10H13BrN2O2.C8H9BrN2O2/c1-3-12-9-8(10(14)15-4-2)5-7(11)6-13-9;1-2-10-7-6(8(12)13)3-5(9)4-11-7/h5-6H,3-4H2,1-2H3,(H,12,13);3-4H,2H2,1H3,(H,10,11)(H,12,13). The molecule has 0 bridgehead atoms. The van der Waals surface area contributed by atoms with Gasteiger partial charge in [0.25, 0.3) is 0 Å². The number of nitrogens with zero attached hydrogens (tertiary/aromatic N) is 2. The molecule has 0 aromatic carbocycles. The van der Waals surface area contributed by atoms with Crippen LogP contribution in [-0.2, 0) is 4.74 Å². The second-order valence-electron chi connectivity index (χ2n) is 5.19. The van der Waals surface area contributed by atoms with Gasteiger partial charge >= 0.3 is 11.9 Å². The van der Waals surface area contributed by atoms with Crippen LogP contribution in [0, 0.1) is 0 Å². The Kier molecular flexibility index (Phi) is 10.5. The lowest BCUT2D eigenvalue weighted by Gasteiger charge is -2.08. The van der Waals surface area contributed by atoms with Gasteiger partial charge in [0.2, 0.25) is 0 Å². The van der Waals surface area contributed by atoms with Crippen LogP contribution in [0.3, 0.4) is 0 Å². The van der Waals surface area contributed by atoms with E-state index in [1.807, 2.05) is 13.8 Å². The molecule has 3 N–H and O–H groups in total. The van der Waals surface area contributed by atoms with E-state index in [2.05, 4.69) is 52.5 Å². The molecule has 0 amide bonds. The van der Waals surface area contributed by atoms with E-state index in [0.29, 0.717) is 41.4 Å². The molecule has 152 valence electrons. The van der Waals surface area contributed by atoms with Gasteiger partial charge in [-0.05, 0) is 64.8 Å². The lowest BCUT2D eigenvalue weighted by Crippen LogP contribution is -2.11. The number of hydrogen-bond donors (Lipinski definition) is 3. The van der Waals surface area contributed by atoms with E-state index in [1.54, 1.807) is 25.4 Å². The zero-order valence-electron chi connectivity index (χ0n) is 15.8. The highest BCUT2D eigenvalue weighted by atomic mass is 79.9. The molecule has 2 rings (SSSR count). The average molecular weight is 518 g/mol. The van der Waals surface area contributed by atoms with Crippen LogP contribution in [0.4, 0.5) is 11.6 Å². The highest BCUT2D eigenvalue weighted by Crippen LogP contribution is 2.19. The molecule has 0 radical (unpaired) electrons. The molecule has 0 spiro atoms. The van der Waals surface area contributed by atoms with Crippen molar-refractivity contribution in [2.45, 2.75) is 20.8 Å². The Labute approximate surface area is 180 Å². The molecule has 2 aromatic rings. The van der Waals surface area contributed by atoms with Crippen LogP contribution in [-0.4, -0.2) is 46.7 Å². The number of carbonyl (C=O) groups is 2. The summed E-state index contributed by atoms with van der Waals surface area (Å²) in [6.07, 6.45) is 3.20. The molecule has 2 aromatic heterocycles. The minimum Gasteiger partial charge on any atom is -0.478 e. The molecule has 0 unspecified atom stereocenters. The molecule has 0 aliphatic heterocycles. The zero-order chi connectivity index (χ0) is 21.1. The van der Waals surface area contributed by atoms with Gasteiger partial charge in [-0.3, -0.25) is 0 Å². The van der Waals surface area contributed by atoms with Crippen LogP contribution < -0.4 is 10.6 Å². The van der Waals surface area contributed by atoms with Gasteiger partial charge in [-0.1, -0.05) is 0 Å². The number of ether oxygens (including phenoxy) is 1. The van der Waals surface area contributed by atoms with Crippen LogP contribution >= 0.6 is 31.9 Å². The van der Waals surface area contributed by atoms with Gasteiger partial charge < -0.3 is 20.5 Å². The van der Waals surface area contributed by atoms with Crippen LogP contribution in [0.2, 0.25) is 0 Å². The Bertz CT molecular complexity index is 818. The molecule has 10 heteroatoms. The summed E-state index contributed by atoms with van der Waals surface area (Å²) in [5, 5.41) is 14.7. The van der Waals surface area contributed by atoms with Gasteiger partial charge in [0, 0.05) is 34.4 Å². The Morgan fingerprint density at radius 2 is 1.43 bits per heavy atom. The molecular formula is C18H22Br2N4O4. The van der Waals surface area contributed by atoms with Gasteiger partial charge in [-0.15, -0.1) is 0 Å². The first-order chi connectivity index (χ1) is 13.3. The number of nitrogens with one attached hydrogen (secondary N) is 2. The van der Waals surface area contributed by atoms with Crippen molar-refractivity contribution in [3.63, 3.8) is 0 Å². The van der Waals surface area contributed by atoms with Gasteiger partial charge in [0.05, 0.1) is 6.61 Å². The molecule has 0 saturated carbocycles. The van der Waals surface area contributed by atoms with E-state index in [-0.39, 0.29) is 11.5 Å². The zero-order valence-corrected chi connectivity index (χ0v) is 18.9. The number of rotatable bonds is 7. The number of halogens is 2. The Hall–Kier alpha value is -2.20. The monoisotopic (exact) mass is 516 g/mol. The third kappa shape index (κ3) is 7.43. The first-order valence-electron chi connectivity index (χ1n) is 8.53. The van der Waals surface area contributed by atoms with Crippen molar-refractivity contribution in [2.75, 3.05) is 30.3 Å². The van der Waals surface area contributed by atoms with Crippen molar-refractivity contribution in [1.82, 2.24) is 9.97 Å². The summed E-state index contributed by atoms with van der Waals surface area (Å²) in [7, 11) is 0. The molecule has 0 aliphatic carbocycles. The second-order valence-corrected chi connectivity index (χ2v) is 7.02. The SMILES string of the molecule is CCNc1ncc(Br)cc1C(=O)O.CCNc1ncc(Br)cc1C(=O)OCC. The van der Waals surface area contributed by atoms with E-state index in [0.717, 1.165) is 4.47 Å². The predicted molar refractivity (Wildman–Crippen MR) is 115 cm³/mol. The Morgan fingerprint density at radius 1 is 0.964 bits per heavy atom. The first-order valence-corrected chi connectivity index (χ1v) is 10.1. The maximum Gasteiger partial charge on any atom is 0.341 e. The number of esters is 1. The van der Waals surface area contributed by atoms with Gasteiger partial charge in [0.15, 0.2) is 0 Å². The van der Waals surface area contributed by atoms with Crippen LogP contribution in [0.1, 0.15) is 41.5 Å². The molecule has 0 aliphatic rings. The van der Waals surface area contributed by atoms with Crippen molar-refractivity contribution < 1.29 is 19.4 Å². The third-order valence-electron chi connectivity index (χ3n) is 3.12. The van der Waals surface area contributed by atoms with Gasteiger partial charge in [-0.25, -0.2) is 19.6 Å². The van der Waals surface area contributed by atoms with Gasteiger partial charge in [-0.2, -0.15) is 0 Å². The largest absolute Gasteiger partial charge is 0.478 e. The summed E-state index contributed by atoms with van der Waals surface area (Å²) in [5.41, 5.74) is 0.629. The van der Waals surface area contributed by atoms with E-state index < -0.39 is 5.97 Å². The number of aromatic carboxylic acids is 1. The number of pyridine rings is 2. The smallest absolute Gasteiger partial charge is 0.341 e. The second kappa shape index (κ2) is 12.3. The molecule has 0 saturated heterocycles. The predicted octanol–water partition coefficient (Wildman–Crippen LogP) is 4.43. The maximum absolute atomic E-state index is 11.6. The topological polar surface area (TPSA) is 113 Å². The summed E-state index contributed by atoms with van der Waals surface area (Å²) in [6.45, 7) is 7.32. The fraction of sp³-hybridized carbons (Fsp3) is 0.333. The third-order valence-corrected chi connectivity index (χ3v) is 3.99. The van der Waals surface area contributed by atoms with Gasteiger partial charge in [0.1, 0.15) is 22.8 Å². The van der Waals surface area contributed by atoms with Crippen LogP contribution in [0.25, 0.3) is 0 Å². The van der Waals surface area contributed by atoms with Crippen molar-refractivity contribution in [3.8, 4) is 0 Å². The average Bonchev–Trinajstić information content (AvgIpc) is 2.65. The fourth-order valence-corrected chi connectivity index (χ4v) is 2.69. The Balaban J connectivity index is 0.000000283. The lowest BCUT2D eigenvalue weighted by atomic mass is 10.2. The number of hydrogen-bond acceptors (Lipinski definition) is 7. The maximum atomic E-state index is 11.6. The highest BCUT2D eigenvalue weighted by Gasteiger charge is 2.13. The summed E-state index contributed by atoms with van der Waals surface area (Å²) < 4.78 is 6.35. The fourth-order valence-electron chi connectivity index (χ4n) is 2.02. The molecular weight excluding hydrogens is 496 g/mol. The molecule has 8 nitrogen and oxygen atoms in total. The summed E-state index contributed by atoms with van der Waals surface area (Å²) >= 11 is 6.43. The molecule has 28 heavy (non-hydrogen) atoms. The van der Waals surface area contributed by atoms with Crippen molar-refractivity contribution in [3.05, 3.63) is 44.6 Å². The summed E-state index contributed by atoms with van der Waals surface area (Å²) in [4.78, 5) is 30.4. The molecule has 0 fully saturated rings. The van der Waals surface area contributed by atoms with Crippen molar-refractivity contribution >= 4 is 55.4 Å². The van der Waals surface area contributed by atoms with E-state index in [4.69, 9.17) is 9.84 Å². The highest BCUT2D eigenvalue weighted by molar-refractivity contribution is 9.10. The van der Waals surface area contributed by atoms with E-state index in [9.17, 15) is 9.59 Å². The number of carboxylic acids is 1. The molecule has 2 heterocycles. The van der Waals surface area contributed by atoms with E-state index in [1.165, 1.54) is 6.07 Å². The first kappa shape index (κ1) is 23.8. The lowest BCUT2D eigenvalue weighted by molar-refractivity contribution is 0.0526. The number of anilines is 2.